The summed E-state index contributed by atoms with van der Waals surface area (Å²) in [5, 5.41) is 29.0. The van der Waals surface area contributed by atoms with Gasteiger partial charge in [0.25, 0.3) is 5.69 Å². The van der Waals surface area contributed by atoms with Gasteiger partial charge in [-0.05, 0) is 48.5 Å². The highest BCUT2D eigenvalue weighted by Gasteiger charge is 2.12. The Morgan fingerprint density at radius 3 is 1.97 bits per heavy atom. The highest BCUT2D eigenvalue weighted by molar-refractivity contribution is 5.87. The predicted octanol–water partition coefficient (Wildman–Crippen LogP) is 4.58. The molecule has 1 N–H and O–H groups in total. The molecular formula is C23H12N3O4+. The molecular weight excluding hydrogens is 382 g/mol. The van der Waals surface area contributed by atoms with Gasteiger partial charge in [0.15, 0.2) is 4.98 Å². The second-order valence-corrected chi connectivity index (χ2v) is 6.02. The molecule has 0 bridgehead atoms. The number of rotatable bonds is 2. The fraction of sp³-hybridized carbons (Fsp3) is 0. The van der Waals surface area contributed by atoms with Gasteiger partial charge in [0, 0.05) is 34.9 Å². The summed E-state index contributed by atoms with van der Waals surface area (Å²) in [6.45, 7) is 0. The maximum atomic E-state index is 11.4. The molecule has 0 fully saturated rings. The smallest absolute Gasteiger partial charge is 0.385 e. The molecule has 0 aliphatic rings. The van der Waals surface area contributed by atoms with E-state index in [4.69, 9.17) is 10.5 Å². The van der Waals surface area contributed by atoms with Gasteiger partial charge in [-0.1, -0.05) is 23.7 Å². The van der Waals surface area contributed by atoms with E-state index in [0.29, 0.717) is 22.4 Å². The third-order valence-corrected chi connectivity index (χ3v) is 4.00. The minimum Gasteiger partial charge on any atom is -0.478 e. The Kier molecular flexibility index (Phi) is 5.84. The number of carboxylic acids is 1. The molecule has 0 heterocycles. The summed E-state index contributed by atoms with van der Waals surface area (Å²) in [4.78, 5) is 24.8. The van der Waals surface area contributed by atoms with Crippen molar-refractivity contribution in [1.29, 1.82) is 5.39 Å². The Hall–Kier alpha value is -4.93. The van der Waals surface area contributed by atoms with Gasteiger partial charge in [-0.2, -0.15) is 0 Å². The maximum Gasteiger partial charge on any atom is 0.385 e. The molecule has 3 aromatic rings. The Bertz CT molecular complexity index is 1300. The Labute approximate surface area is 171 Å². The van der Waals surface area contributed by atoms with Gasteiger partial charge >= 0.3 is 11.7 Å². The average molecular weight is 394 g/mol. The normalized spacial score (nSPS) is 9.30. The lowest BCUT2D eigenvalue weighted by Gasteiger charge is -1.97. The van der Waals surface area contributed by atoms with Gasteiger partial charge in [0.1, 0.15) is 5.56 Å². The van der Waals surface area contributed by atoms with E-state index in [1.807, 2.05) is 0 Å². The summed E-state index contributed by atoms with van der Waals surface area (Å²) in [5.74, 6) is 10.3. The number of aromatic carboxylic acids is 1. The largest absolute Gasteiger partial charge is 0.478 e. The zero-order chi connectivity index (χ0) is 21.5. The Morgan fingerprint density at radius 2 is 1.40 bits per heavy atom. The van der Waals surface area contributed by atoms with Crippen LogP contribution in [-0.2, 0) is 0 Å². The molecule has 7 heteroatoms. The third kappa shape index (κ3) is 4.86. The van der Waals surface area contributed by atoms with Crippen LogP contribution < -0.4 is 0 Å². The van der Waals surface area contributed by atoms with Crippen molar-refractivity contribution in [3.8, 4) is 23.7 Å². The van der Waals surface area contributed by atoms with Crippen molar-refractivity contribution >= 4 is 17.3 Å². The SMILES string of the molecule is N#[N+]c1ccc(C#Cc2ccc(C#Cc3ccc(C(=O)O)cc3)cc2[N+](=O)[O-])cc1. The van der Waals surface area contributed by atoms with Gasteiger partial charge in [0.05, 0.1) is 10.5 Å². The van der Waals surface area contributed by atoms with E-state index >= 15 is 0 Å². The summed E-state index contributed by atoms with van der Waals surface area (Å²) in [5.41, 5.74) is 2.25. The maximum absolute atomic E-state index is 11.4. The molecule has 30 heavy (non-hydrogen) atoms. The Balaban J connectivity index is 1.87. The van der Waals surface area contributed by atoms with Crippen LogP contribution in [-0.4, -0.2) is 16.0 Å². The lowest BCUT2D eigenvalue weighted by molar-refractivity contribution is -0.385. The second-order valence-electron chi connectivity index (χ2n) is 6.02. The van der Waals surface area contributed by atoms with Crippen molar-refractivity contribution in [2.75, 3.05) is 0 Å². The first kappa shape index (κ1) is 19.8. The van der Waals surface area contributed by atoms with Crippen LogP contribution in [0.15, 0.2) is 66.7 Å². The number of carbonyl (C=O) groups is 1. The van der Waals surface area contributed by atoms with Gasteiger partial charge in [-0.15, -0.1) is 0 Å². The molecule has 7 nitrogen and oxygen atoms in total. The molecule has 3 rings (SSSR count). The fourth-order valence-corrected chi connectivity index (χ4v) is 2.46. The molecule has 3 aromatic carbocycles. The minimum absolute atomic E-state index is 0.152. The lowest BCUT2D eigenvalue weighted by atomic mass is 10.1. The lowest BCUT2D eigenvalue weighted by Crippen LogP contribution is -1.95. The van der Waals surface area contributed by atoms with E-state index in [9.17, 15) is 14.9 Å². The monoisotopic (exact) mass is 394 g/mol. The summed E-state index contributed by atoms with van der Waals surface area (Å²) in [6, 6.07) is 16.9. The first-order valence-corrected chi connectivity index (χ1v) is 8.57. The van der Waals surface area contributed by atoms with Crippen LogP contribution in [0.5, 0.6) is 0 Å². The van der Waals surface area contributed by atoms with E-state index in [0.717, 1.165) is 0 Å². The molecule has 142 valence electrons. The number of hydrogen-bond acceptors (Lipinski definition) is 4. The van der Waals surface area contributed by atoms with E-state index in [2.05, 4.69) is 28.7 Å². The van der Waals surface area contributed by atoms with E-state index in [1.54, 1.807) is 42.5 Å². The van der Waals surface area contributed by atoms with E-state index in [1.165, 1.54) is 24.3 Å². The highest BCUT2D eigenvalue weighted by atomic mass is 16.6. The number of nitro groups is 1. The standard InChI is InChI=1S/C23H11N3O4/c24-25-21-13-7-17(8-14-21)3-9-19-10-6-18(15-22(19)26(29)30)2-1-16-4-11-20(12-5-16)23(27)28/h4-8,10-15H/p+1. The summed E-state index contributed by atoms with van der Waals surface area (Å²) >= 11 is 0. The van der Waals surface area contributed by atoms with Gasteiger partial charge < -0.3 is 5.11 Å². The average Bonchev–Trinajstić information content (AvgIpc) is 2.77. The zero-order valence-electron chi connectivity index (χ0n) is 15.4. The van der Waals surface area contributed by atoms with Crippen molar-refractivity contribution in [3.63, 3.8) is 0 Å². The van der Waals surface area contributed by atoms with E-state index < -0.39 is 10.9 Å². The molecule has 0 spiro atoms. The van der Waals surface area contributed by atoms with Crippen LogP contribution in [0.25, 0.3) is 4.98 Å². The van der Waals surface area contributed by atoms with E-state index in [-0.39, 0.29) is 16.8 Å². The molecule has 0 aliphatic heterocycles. The summed E-state index contributed by atoms with van der Waals surface area (Å²) in [6.07, 6.45) is 0. The van der Waals surface area contributed by atoms with Crippen LogP contribution in [0.1, 0.15) is 32.6 Å². The summed E-state index contributed by atoms with van der Waals surface area (Å²) < 4.78 is 0. The van der Waals surface area contributed by atoms with Crippen LogP contribution in [0.4, 0.5) is 11.4 Å². The molecule has 0 atom stereocenters. The fourth-order valence-electron chi connectivity index (χ4n) is 2.46. The highest BCUT2D eigenvalue weighted by Crippen LogP contribution is 2.20. The third-order valence-electron chi connectivity index (χ3n) is 4.00. The minimum atomic E-state index is -1.03. The van der Waals surface area contributed by atoms with Crippen molar-refractivity contribution in [2.24, 2.45) is 0 Å². The molecule has 0 saturated heterocycles. The zero-order valence-corrected chi connectivity index (χ0v) is 15.4. The molecule has 0 saturated carbocycles. The second kappa shape index (κ2) is 8.84. The van der Waals surface area contributed by atoms with Gasteiger partial charge in [-0.25, -0.2) is 4.79 Å². The van der Waals surface area contributed by atoms with Crippen molar-refractivity contribution in [3.05, 3.63) is 110 Å². The number of hydrogen-bond donors (Lipinski definition) is 1. The number of diazo groups is 1. The molecule has 0 unspecified atom stereocenters. The topological polar surface area (TPSA) is 109 Å². The quantitative estimate of drug-likeness (QED) is 0.296. The molecule has 0 aliphatic carbocycles. The molecule has 0 radical (unpaired) electrons. The van der Waals surface area contributed by atoms with Crippen LogP contribution >= 0.6 is 0 Å². The first-order chi connectivity index (χ1) is 14.5. The predicted molar refractivity (Wildman–Crippen MR) is 110 cm³/mol. The summed E-state index contributed by atoms with van der Waals surface area (Å²) in [7, 11) is 0. The first-order valence-electron chi connectivity index (χ1n) is 8.57. The van der Waals surface area contributed by atoms with Crippen LogP contribution in [0, 0.1) is 39.2 Å². The number of benzene rings is 3. The van der Waals surface area contributed by atoms with Crippen molar-refractivity contribution < 1.29 is 14.8 Å². The molecule has 0 amide bonds. The number of nitrogens with zero attached hydrogens (tertiary/aromatic N) is 3. The number of carboxylic acid groups (broad SMARTS) is 1. The van der Waals surface area contributed by atoms with Crippen molar-refractivity contribution in [1.82, 2.24) is 0 Å². The van der Waals surface area contributed by atoms with Gasteiger partial charge in [0.2, 0.25) is 5.39 Å². The van der Waals surface area contributed by atoms with Gasteiger partial charge in [-0.3, -0.25) is 10.1 Å². The van der Waals surface area contributed by atoms with Crippen LogP contribution in [0.3, 0.4) is 0 Å². The number of nitro benzene ring substituents is 1. The molecule has 0 aromatic heterocycles. The van der Waals surface area contributed by atoms with Crippen LogP contribution in [0.2, 0.25) is 0 Å². The van der Waals surface area contributed by atoms with Crippen molar-refractivity contribution in [2.45, 2.75) is 0 Å². The Morgan fingerprint density at radius 1 is 0.867 bits per heavy atom.